The Bertz CT molecular complexity index is 683. The van der Waals surface area contributed by atoms with Gasteiger partial charge in [0.1, 0.15) is 6.04 Å². The molecule has 0 radical (unpaired) electrons. The van der Waals surface area contributed by atoms with Crippen molar-refractivity contribution >= 4 is 17.3 Å². The molecule has 0 aromatic heterocycles. The topological polar surface area (TPSA) is 41.1 Å². The van der Waals surface area contributed by atoms with Gasteiger partial charge in [0.25, 0.3) is 0 Å². The first kappa shape index (κ1) is 12.5. The van der Waals surface area contributed by atoms with Gasteiger partial charge in [0.2, 0.25) is 5.91 Å². The number of carbonyl (C=O) groups excluding carboxylic acids is 1. The molecule has 1 aliphatic carbocycles. The van der Waals surface area contributed by atoms with Crippen LogP contribution >= 0.6 is 0 Å². The second-order valence-corrected chi connectivity index (χ2v) is 5.88. The predicted molar refractivity (Wildman–Crippen MR) is 84.7 cm³/mol. The molecule has 1 amide bonds. The lowest BCUT2D eigenvalue weighted by molar-refractivity contribution is -0.116. The second-order valence-electron chi connectivity index (χ2n) is 5.88. The highest BCUT2D eigenvalue weighted by Crippen LogP contribution is 2.27. The molecule has 1 heterocycles. The molecule has 2 aromatic carbocycles. The molecule has 3 nitrogen and oxygen atoms in total. The number of nitrogens with one attached hydrogen (secondary N) is 2. The molecule has 0 saturated heterocycles. The van der Waals surface area contributed by atoms with Crippen LogP contribution in [0.5, 0.6) is 0 Å². The molecular formula is C18H18N2O. The Kier molecular flexibility index (Phi) is 2.92. The minimum absolute atomic E-state index is 0.0455. The van der Waals surface area contributed by atoms with E-state index >= 15 is 0 Å². The quantitative estimate of drug-likeness (QED) is 0.886. The van der Waals surface area contributed by atoms with Gasteiger partial charge in [0, 0.05) is 17.8 Å². The van der Waals surface area contributed by atoms with Crippen LogP contribution in [0, 0.1) is 0 Å². The molecule has 1 atom stereocenters. The molecule has 2 aromatic rings. The van der Waals surface area contributed by atoms with Gasteiger partial charge in [0.05, 0.1) is 0 Å². The fraction of sp³-hybridized carbons (Fsp3) is 0.278. The molecule has 2 N–H and O–H groups in total. The van der Waals surface area contributed by atoms with Gasteiger partial charge >= 0.3 is 0 Å². The van der Waals surface area contributed by atoms with Crippen molar-refractivity contribution in [3.8, 4) is 0 Å². The number of fused-ring (bicyclic) bond motifs is 2. The Morgan fingerprint density at radius 3 is 2.81 bits per heavy atom. The summed E-state index contributed by atoms with van der Waals surface area (Å²) in [5.41, 5.74) is 6.02. The van der Waals surface area contributed by atoms with Crippen molar-refractivity contribution in [1.29, 1.82) is 0 Å². The van der Waals surface area contributed by atoms with Crippen LogP contribution < -0.4 is 10.6 Å². The van der Waals surface area contributed by atoms with E-state index in [2.05, 4.69) is 28.8 Å². The second kappa shape index (κ2) is 4.92. The SMILES string of the molecule is O=C(Nc1ccc2c(c1)CCC2)[C@@H]1Cc2ccccc2N1. The standard InChI is InChI=1S/C18H18N2O/c21-18(17-11-14-4-1-2-7-16(14)20-17)19-15-9-8-12-5-3-6-13(12)10-15/h1-2,4,7-10,17,20H,3,5-6,11H2,(H,19,21)/t17-/m0/s1. The number of rotatable bonds is 2. The van der Waals surface area contributed by atoms with Crippen LogP contribution in [0.4, 0.5) is 11.4 Å². The first-order valence-electron chi connectivity index (χ1n) is 7.57. The lowest BCUT2D eigenvalue weighted by atomic mass is 10.1. The first-order valence-corrected chi connectivity index (χ1v) is 7.57. The minimum Gasteiger partial charge on any atom is -0.373 e. The van der Waals surface area contributed by atoms with Crippen LogP contribution in [0.25, 0.3) is 0 Å². The predicted octanol–water partition coefficient (Wildman–Crippen LogP) is 3.15. The molecule has 0 unspecified atom stereocenters. The summed E-state index contributed by atoms with van der Waals surface area (Å²) >= 11 is 0. The van der Waals surface area contributed by atoms with Crippen LogP contribution in [0.1, 0.15) is 23.1 Å². The summed E-state index contributed by atoms with van der Waals surface area (Å²) in [4.78, 5) is 12.4. The van der Waals surface area contributed by atoms with E-state index in [0.29, 0.717) is 0 Å². The molecule has 4 rings (SSSR count). The summed E-state index contributed by atoms with van der Waals surface area (Å²) in [5.74, 6) is 0.0455. The van der Waals surface area contributed by atoms with Crippen molar-refractivity contribution in [1.82, 2.24) is 0 Å². The third kappa shape index (κ3) is 2.29. The van der Waals surface area contributed by atoms with Crippen molar-refractivity contribution in [2.24, 2.45) is 0 Å². The lowest BCUT2D eigenvalue weighted by Gasteiger charge is -2.13. The van der Waals surface area contributed by atoms with E-state index in [1.165, 1.54) is 29.5 Å². The van der Waals surface area contributed by atoms with E-state index in [9.17, 15) is 4.79 Å². The highest BCUT2D eigenvalue weighted by molar-refractivity contribution is 5.98. The van der Waals surface area contributed by atoms with E-state index in [1.807, 2.05) is 24.3 Å². The van der Waals surface area contributed by atoms with Crippen molar-refractivity contribution in [2.75, 3.05) is 10.6 Å². The summed E-state index contributed by atoms with van der Waals surface area (Å²) in [6.07, 6.45) is 4.29. The number of para-hydroxylation sites is 1. The number of carbonyl (C=O) groups is 1. The molecule has 0 fully saturated rings. The maximum atomic E-state index is 12.4. The summed E-state index contributed by atoms with van der Waals surface area (Å²) in [5, 5.41) is 6.34. The summed E-state index contributed by atoms with van der Waals surface area (Å²) in [6, 6.07) is 14.2. The van der Waals surface area contributed by atoms with Crippen LogP contribution in [-0.4, -0.2) is 11.9 Å². The molecule has 3 heteroatoms. The van der Waals surface area contributed by atoms with Crippen LogP contribution in [0.15, 0.2) is 42.5 Å². The van der Waals surface area contributed by atoms with Crippen molar-refractivity contribution in [3.05, 3.63) is 59.2 Å². The number of hydrogen-bond acceptors (Lipinski definition) is 2. The summed E-state index contributed by atoms with van der Waals surface area (Å²) in [6.45, 7) is 0. The highest BCUT2D eigenvalue weighted by atomic mass is 16.2. The van der Waals surface area contributed by atoms with E-state index in [-0.39, 0.29) is 11.9 Å². The Morgan fingerprint density at radius 1 is 1.05 bits per heavy atom. The normalized spacial score (nSPS) is 18.8. The molecule has 106 valence electrons. The molecule has 0 bridgehead atoms. The number of hydrogen-bond donors (Lipinski definition) is 2. The molecule has 0 saturated carbocycles. The van der Waals surface area contributed by atoms with E-state index in [1.54, 1.807) is 0 Å². The van der Waals surface area contributed by atoms with Crippen molar-refractivity contribution < 1.29 is 4.79 Å². The van der Waals surface area contributed by atoms with Gasteiger partial charge in [-0.25, -0.2) is 0 Å². The Balaban J connectivity index is 1.47. The summed E-state index contributed by atoms with van der Waals surface area (Å²) in [7, 11) is 0. The van der Waals surface area contributed by atoms with Gasteiger partial charge in [-0.15, -0.1) is 0 Å². The molecule has 0 spiro atoms. The third-order valence-electron chi connectivity index (χ3n) is 4.45. The average molecular weight is 278 g/mol. The lowest BCUT2D eigenvalue weighted by Crippen LogP contribution is -2.32. The van der Waals surface area contributed by atoms with Gasteiger partial charge in [-0.05, 0) is 54.2 Å². The van der Waals surface area contributed by atoms with Crippen molar-refractivity contribution in [3.63, 3.8) is 0 Å². The number of aryl methyl sites for hydroxylation is 2. The van der Waals surface area contributed by atoms with Gasteiger partial charge < -0.3 is 10.6 Å². The smallest absolute Gasteiger partial charge is 0.247 e. The maximum absolute atomic E-state index is 12.4. The fourth-order valence-electron chi connectivity index (χ4n) is 3.33. The monoisotopic (exact) mass is 278 g/mol. The molecule has 2 aliphatic rings. The molecule has 1 aliphatic heterocycles. The fourth-order valence-corrected chi connectivity index (χ4v) is 3.33. The third-order valence-corrected chi connectivity index (χ3v) is 4.45. The van der Waals surface area contributed by atoms with E-state index in [4.69, 9.17) is 0 Å². The van der Waals surface area contributed by atoms with E-state index in [0.717, 1.165) is 24.2 Å². The average Bonchev–Trinajstić information content (AvgIpc) is 3.13. The van der Waals surface area contributed by atoms with Crippen LogP contribution in [0.3, 0.4) is 0 Å². The van der Waals surface area contributed by atoms with Crippen LogP contribution in [0.2, 0.25) is 0 Å². The van der Waals surface area contributed by atoms with Gasteiger partial charge in [0.15, 0.2) is 0 Å². The van der Waals surface area contributed by atoms with Crippen molar-refractivity contribution in [2.45, 2.75) is 31.7 Å². The van der Waals surface area contributed by atoms with E-state index < -0.39 is 0 Å². The maximum Gasteiger partial charge on any atom is 0.247 e. The Morgan fingerprint density at radius 2 is 1.90 bits per heavy atom. The molecular weight excluding hydrogens is 260 g/mol. The zero-order chi connectivity index (χ0) is 14.2. The largest absolute Gasteiger partial charge is 0.373 e. The first-order chi connectivity index (χ1) is 10.3. The zero-order valence-corrected chi connectivity index (χ0v) is 11.9. The Labute approximate surface area is 124 Å². The van der Waals surface area contributed by atoms with Gasteiger partial charge in [-0.3, -0.25) is 4.79 Å². The van der Waals surface area contributed by atoms with Crippen LogP contribution in [-0.2, 0) is 24.1 Å². The Hall–Kier alpha value is -2.29. The minimum atomic E-state index is -0.171. The molecule has 21 heavy (non-hydrogen) atoms. The van der Waals surface area contributed by atoms with Gasteiger partial charge in [-0.1, -0.05) is 24.3 Å². The highest BCUT2D eigenvalue weighted by Gasteiger charge is 2.26. The number of anilines is 2. The summed E-state index contributed by atoms with van der Waals surface area (Å²) < 4.78 is 0. The number of benzene rings is 2. The number of amides is 1. The zero-order valence-electron chi connectivity index (χ0n) is 11.9. The van der Waals surface area contributed by atoms with Gasteiger partial charge in [-0.2, -0.15) is 0 Å².